The molecule has 0 saturated carbocycles. The predicted octanol–water partition coefficient (Wildman–Crippen LogP) is 4.68. The Balaban J connectivity index is 1.95. The van der Waals surface area contributed by atoms with Crippen LogP contribution in [0, 0.1) is 0 Å². The molecule has 0 aromatic heterocycles. The number of aryl methyl sites for hydroxylation is 1. The van der Waals surface area contributed by atoms with Gasteiger partial charge in [-0.25, -0.2) is 0 Å². The molecule has 0 aliphatic heterocycles. The lowest BCUT2D eigenvalue weighted by Crippen LogP contribution is -2.16. The maximum absolute atomic E-state index is 5.80. The monoisotopic (exact) mass is 291 g/mol. The van der Waals surface area contributed by atoms with E-state index in [9.17, 15) is 0 Å². The summed E-state index contributed by atoms with van der Waals surface area (Å²) in [6.45, 7) is 2.12. The number of ether oxygens (including phenoxy) is 1. The van der Waals surface area contributed by atoms with Crippen LogP contribution >= 0.6 is 23.8 Å². The van der Waals surface area contributed by atoms with E-state index in [0.717, 1.165) is 12.1 Å². The van der Waals surface area contributed by atoms with Gasteiger partial charge in [-0.3, -0.25) is 0 Å². The van der Waals surface area contributed by atoms with Gasteiger partial charge in [0.05, 0.1) is 0 Å². The minimum atomic E-state index is 0.312. The topological polar surface area (TPSA) is 21.3 Å². The summed E-state index contributed by atoms with van der Waals surface area (Å²) in [5.74, 6) is 0.659. The zero-order chi connectivity index (χ0) is 13.7. The molecule has 19 heavy (non-hydrogen) atoms. The van der Waals surface area contributed by atoms with Crippen molar-refractivity contribution in [3.05, 3.63) is 59.1 Å². The van der Waals surface area contributed by atoms with Gasteiger partial charge in [-0.05, 0) is 60.6 Å². The Morgan fingerprint density at radius 3 is 2.32 bits per heavy atom. The Hall–Kier alpha value is -1.58. The van der Waals surface area contributed by atoms with E-state index in [1.807, 2.05) is 12.1 Å². The van der Waals surface area contributed by atoms with Crippen LogP contribution in [-0.4, -0.2) is 5.17 Å². The van der Waals surface area contributed by atoms with Crippen molar-refractivity contribution in [2.45, 2.75) is 13.3 Å². The fourth-order valence-electron chi connectivity index (χ4n) is 1.58. The number of thiocarbonyl (C=S) groups is 1. The summed E-state index contributed by atoms with van der Waals surface area (Å²) in [4.78, 5) is 0. The zero-order valence-electron chi connectivity index (χ0n) is 10.5. The molecule has 2 rings (SSSR count). The summed E-state index contributed by atoms with van der Waals surface area (Å²) in [6.07, 6.45) is 1.02. The minimum Gasteiger partial charge on any atom is -0.432 e. The second-order valence-corrected chi connectivity index (χ2v) is 4.83. The fraction of sp³-hybridized carbons (Fsp3) is 0.133. The van der Waals surface area contributed by atoms with Crippen molar-refractivity contribution in [1.82, 2.24) is 0 Å². The fourth-order valence-corrected chi connectivity index (χ4v) is 1.92. The Morgan fingerprint density at radius 1 is 1.11 bits per heavy atom. The number of halogens is 1. The highest BCUT2D eigenvalue weighted by atomic mass is 35.5. The molecule has 0 bridgehead atoms. The molecule has 2 aromatic rings. The van der Waals surface area contributed by atoms with Crippen LogP contribution in [-0.2, 0) is 6.42 Å². The van der Waals surface area contributed by atoms with Crippen LogP contribution < -0.4 is 10.1 Å². The molecule has 98 valence electrons. The number of nitrogens with one attached hydrogen (secondary N) is 1. The Morgan fingerprint density at radius 2 is 1.74 bits per heavy atom. The van der Waals surface area contributed by atoms with E-state index in [1.165, 1.54) is 5.56 Å². The number of hydrogen-bond donors (Lipinski definition) is 1. The van der Waals surface area contributed by atoms with E-state index in [4.69, 9.17) is 28.6 Å². The van der Waals surface area contributed by atoms with Crippen LogP contribution in [0.5, 0.6) is 5.75 Å². The summed E-state index contributed by atoms with van der Waals surface area (Å²) in [5.41, 5.74) is 2.20. The molecule has 4 heteroatoms. The molecule has 0 aliphatic rings. The highest BCUT2D eigenvalue weighted by Crippen LogP contribution is 2.17. The van der Waals surface area contributed by atoms with Crippen LogP contribution in [0.25, 0.3) is 0 Å². The molecule has 0 aliphatic carbocycles. The number of benzene rings is 2. The average Bonchev–Trinajstić information content (AvgIpc) is 2.42. The third-order valence-corrected chi connectivity index (χ3v) is 3.07. The van der Waals surface area contributed by atoms with Crippen LogP contribution in [0.3, 0.4) is 0 Å². The third kappa shape index (κ3) is 4.23. The van der Waals surface area contributed by atoms with Crippen molar-refractivity contribution in [3.8, 4) is 5.75 Å². The van der Waals surface area contributed by atoms with E-state index in [2.05, 4.69) is 24.4 Å². The highest BCUT2D eigenvalue weighted by Gasteiger charge is 2.01. The smallest absolute Gasteiger partial charge is 0.266 e. The molecule has 1 N–H and O–H groups in total. The number of hydrogen-bond acceptors (Lipinski definition) is 2. The average molecular weight is 292 g/mol. The largest absolute Gasteiger partial charge is 0.432 e. The SMILES string of the molecule is CCc1ccc(NC(=S)Oc2ccc(Cl)cc2)cc1. The van der Waals surface area contributed by atoms with E-state index in [1.54, 1.807) is 24.3 Å². The van der Waals surface area contributed by atoms with Crippen molar-refractivity contribution in [2.24, 2.45) is 0 Å². The van der Waals surface area contributed by atoms with Crippen LogP contribution in [0.2, 0.25) is 5.02 Å². The summed E-state index contributed by atoms with van der Waals surface area (Å²) < 4.78 is 5.49. The lowest BCUT2D eigenvalue weighted by Gasteiger charge is -2.09. The minimum absolute atomic E-state index is 0.312. The third-order valence-electron chi connectivity index (χ3n) is 2.63. The van der Waals surface area contributed by atoms with Crippen molar-refractivity contribution in [1.29, 1.82) is 0 Å². The van der Waals surface area contributed by atoms with Crippen LogP contribution in [0.1, 0.15) is 12.5 Å². The van der Waals surface area contributed by atoms with Crippen molar-refractivity contribution in [3.63, 3.8) is 0 Å². The van der Waals surface area contributed by atoms with E-state index < -0.39 is 0 Å². The second-order valence-electron chi connectivity index (χ2n) is 4.02. The van der Waals surface area contributed by atoms with Gasteiger partial charge in [0.15, 0.2) is 0 Å². The second kappa shape index (κ2) is 6.55. The van der Waals surface area contributed by atoms with Crippen molar-refractivity contribution >= 4 is 34.7 Å². The van der Waals surface area contributed by atoms with Crippen LogP contribution in [0.15, 0.2) is 48.5 Å². The van der Waals surface area contributed by atoms with Gasteiger partial charge in [-0.2, -0.15) is 0 Å². The van der Waals surface area contributed by atoms with Crippen molar-refractivity contribution < 1.29 is 4.74 Å². The van der Waals surface area contributed by atoms with E-state index >= 15 is 0 Å². The highest BCUT2D eigenvalue weighted by molar-refractivity contribution is 7.80. The zero-order valence-corrected chi connectivity index (χ0v) is 12.1. The molecule has 0 unspecified atom stereocenters. The molecular weight excluding hydrogens is 278 g/mol. The van der Waals surface area contributed by atoms with E-state index in [0.29, 0.717) is 15.9 Å². The van der Waals surface area contributed by atoms with Gasteiger partial charge in [0.1, 0.15) is 5.75 Å². The van der Waals surface area contributed by atoms with E-state index in [-0.39, 0.29) is 0 Å². The van der Waals surface area contributed by atoms with Gasteiger partial charge < -0.3 is 10.1 Å². The molecule has 2 aromatic carbocycles. The first-order valence-electron chi connectivity index (χ1n) is 6.00. The lowest BCUT2D eigenvalue weighted by atomic mass is 10.1. The normalized spacial score (nSPS) is 10.0. The summed E-state index contributed by atoms with van der Waals surface area (Å²) in [6, 6.07) is 15.2. The molecular formula is C15H14ClNOS. The summed E-state index contributed by atoms with van der Waals surface area (Å²) >= 11 is 10.9. The van der Waals surface area contributed by atoms with Gasteiger partial charge in [-0.1, -0.05) is 30.7 Å². The first-order valence-corrected chi connectivity index (χ1v) is 6.79. The Labute approximate surface area is 123 Å². The molecule has 2 nitrogen and oxygen atoms in total. The molecule has 0 radical (unpaired) electrons. The number of anilines is 1. The molecule has 0 amide bonds. The standard InChI is InChI=1S/C15H14ClNOS/c1-2-11-3-7-13(8-4-11)17-15(19)18-14-9-5-12(16)6-10-14/h3-10H,2H2,1H3,(H,17,19). The quantitative estimate of drug-likeness (QED) is 0.830. The summed E-state index contributed by atoms with van der Waals surface area (Å²) in [7, 11) is 0. The molecule has 0 fully saturated rings. The molecule has 0 saturated heterocycles. The Kier molecular flexibility index (Phi) is 4.77. The Bertz CT molecular complexity index is 551. The van der Waals surface area contributed by atoms with Gasteiger partial charge >= 0.3 is 0 Å². The van der Waals surface area contributed by atoms with Gasteiger partial charge in [0.25, 0.3) is 5.17 Å². The first kappa shape index (κ1) is 13.8. The van der Waals surface area contributed by atoms with Gasteiger partial charge in [0.2, 0.25) is 0 Å². The first-order chi connectivity index (χ1) is 9.17. The predicted molar refractivity (Wildman–Crippen MR) is 84.1 cm³/mol. The lowest BCUT2D eigenvalue weighted by molar-refractivity contribution is 0.563. The maximum atomic E-state index is 5.80. The van der Waals surface area contributed by atoms with Gasteiger partial charge in [-0.15, -0.1) is 0 Å². The van der Waals surface area contributed by atoms with Crippen LogP contribution in [0.4, 0.5) is 5.69 Å². The molecule has 0 atom stereocenters. The molecule has 0 spiro atoms. The number of rotatable bonds is 3. The maximum Gasteiger partial charge on any atom is 0.266 e. The van der Waals surface area contributed by atoms with Gasteiger partial charge in [0, 0.05) is 10.7 Å². The molecule has 0 heterocycles. The summed E-state index contributed by atoms with van der Waals surface area (Å²) in [5, 5.41) is 4.01. The van der Waals surface area contributed by atoms with Crippen molar-refractivity contribution in [2.75, 3.05) is 5.32 Å².